The lowest BCUT2D eigenvalue weighted by Gasteiger charge is -2.09. The number of nitrogens with two attached hydrogens (primary N) is 1. The number of anilines is 3. The van der Waals surface area contributed by atoms with Gasteiger partial charge in [-0.3, -0.25) is 0 Å². The maximum atomic E-state index is 13.0. The lowest BCUT2D eigenvalue weighted by molar-refractivity contribution is 0.296. The lowest BCUT2D eigenvalue weighted by atomic mass is 10.1. The Kier molecular flexibility index (Phi) is 4.78. The van der Waals surface area contributed by atoms with E-state index in [0.29, 0.717) is 22.8 Å². The molecule has 2 aromatic heterocycles. The van der Waals surface area contributed by atoms with E-state index < -0.39 is 5.63 Å². The molecule has 0 aliphatic carbocycles. The Hall–Kier alpha value is -4.01. The van der Waals surface area contributed by atoms with Crippen LogP contribution < -0.4 is 21.4 Å². The third-order valence-corrected chi connectivity index (χ3v) is 4.09. The van der Waals surface area contributed by atoms with Crippen molar-refractivity contribution >= 4 is 28.6 Å². The predicted octanol–water partition coefficient (Wildman–Crippen LogP) is 3.33. The van der Waals surface area contributed by atoms with Crippen LogP contribution >= 0.6 is 0 Å². The third-order valence-electron chi connectivity index (χ3n) is 4.09. The minimum atomic E-state index is -0.422. The zero-order valence-electron chi connectivity index (χ0n) is 15.3. The number of fused-ring (bicyclic) bond motifs is 1. The Bertz CT molecular complexity index is 1240. The van der Waals surface area contributed by atoms with Crippen molar-refractivity contribution in [3.05, 3.63) is 76.2 Å². The van der Waals surface area contributed by atoms with Crippen LogP contribution in [0.4, 0.5) is 22.0 Å². The topological polar surface area (TPSA) is 116 Å². The highest BCUT2D eigenvalue weighted by molar-refractivity contribution is 5.81. The Labute approximate surface area is 164 Å². The smallest absolute Gasteiger partial charge is 0.336 e. The monoisotopic (exact) mass is 393 g/mol. The zero-order chi connectivity index (χ0) is 20.4. The van der Waals surface area contributed by atoms with Gasteiger partial charge < -0.3 is 20.2 Å². The molecule has 9 heteroatoms. The molecule has 8 nitrogen and oxygen atoms in total. The molecule has 0 aliphatic heterocycles. The molecule has 3 N–H and O–H groups in total. The minimum absolute atomic E-state index is 0.0170. The van der Waals surface area contributed by atoms with Gasteiger partial charge in [-0.25, -0.2) is 9.18 Å². The molecule has 0 radical (unpaired) electrons. The molecule has 146 valence electrons. The third kappa shape index (κ3) is 4.29. The molecule has 0 atom stereocenters. The molecule has 4 rings (SSSR count). The van der Waals surface area contributed by atoms with Crippen molar-refractivity contribution in [1.82, 2.24) is 15.0 Å². The molecule has 0 unspecified atom stereocenters. The Morgan fingerprint density at radius 2 is 1.90 bits per heavy atom. The second kappa shape index (κ2) is 7.55. The molecule has 4 aromatic rings. The number of hydrogen-bond donors (Lipinski definition) is 2. The molecule has 2 aromatic carbocycles. The number of benzene rings is 2. The second-order valence-corrected chi connectivity index (χ2v) is 6.26. The Morgan fingerprint density at radius 3 is 2.69 bits per heavy atom. The number of ether oxygens (including phenoxy) is 1. The second-order valence-electron chi connectivity index (χ2n) is 6.26. The SMILES string of the molecule is Cc1cc(=O)oc2cc(OCc3nc(N)nc(Nc4ccc(F)cc4)n3)ccc12. The summed E-state index contributed by atoms with van der Waals surface area (Å²) in [6, 6.07) is 12.4. The van der Waals surface area contributed by atoms with Crippen molar-refractivity contribution < 1.29 is 13.5 Å². The quantitative estimate of drug-likeness (QED) is 0.496. The van der Waals surface area contributed by atoms with E-state index in [4.69, 9.17) is 14.9 Å². The van der Waals surface area contributed by atoms with Crippen LogP contribution in [0, 0.1) is 12.7 Å². The fourth-order valence-electron chi connectivity index (χ4n) is 2.76. The molecule has 0 aliphatic rings. The van der Waals surface area contributed by atoms with Gasteiger partial charge in [0, 0.05) is 23.2 Å². The highest BCUT2D eigenvalue weighted by atomic mass is 19.1. The van der Waals surface area contributed by atoms with E-state index in [0.717, 1.165) is 10.9 Å². The summed E-state index contributed by atoms with van der Waals surface area (Å²) in [5.41, 5.74) is 7.18. The van der Waals surface area contributed by atoms with Gasteiger partial charge in [0.05, 0.1) is 0 Å². The number of nitrogens with zero attached hydrogens (tertiary/aromatic N) is 3. The zero-order valence-corrected chi connectivity index (χ0v) is 15.3. The molecule has 29 heavy (non-hydrogen) atoms. The normalized spacial score (nSPS) is 10.8. The maximum Gasteiger partial charge on any atom is 0.336 e. The van der Waals surface area contributed by atoms with E-state index in [9.17, 15) is 9.18 Å². The minimum Gasteiger partial charge on any atom is -0.485 e. The average molecular weight is 393 g/mol. The molecule has 0 saturated heterocycles. The molecule has 2 heterocycles. The molecule has 0 spiro atoms. The van der Waals surface area contributed by atoms with E-state index in [-0.39, 0.29) is 24.3 Å². The number of nitrogens with one attached hydrogen (secondary N) is 1. The van der Waals surface area contributed by atoms with Gasteiger partial charge in [0.1, 0.15) is 23.8 Å². The van der Waals surface area contributed by atoms with Gasteiger partial charge in [0.25, 0.3) is 0 Å². The first-order chi connectivity index (χ1) is 14.0. The van der Waals surface area contributed by atoms with Crippen molar-refractivity contribution in [3.63, 3.8) is 0 Å². The van der Waals surface area contributed by atoms with Crippen LogP contribution in [-0.2, 0) is 6.61 Å². The van der Waals surface area contributed by atoms with Crippen molar-refractivity contribution in [2.24, 2.45) is 0 Å². The number of rotatable bonds is 5. The van der Waals surface area contributed by atoms with Gasteiger partial charge in [-0.2, -0.15) is 15.0 Å². The summed E-state index contributed by atoms with van der Waals surface area (Å²) in [4.78, 5) is 23.9. The van der Waals surface area contributed by atoms with Gasteiger partial charge in [-0.05, 0) is 48.9 Å². The summed E-state index contributed by atoms with van der Waals surface area (Å²) < 4.78 is 24.0. The van der Waals surface area contributed by atoms with Crippen molar-refractivity contribution in [2.75, 3.05) is 11.1 Å². The molecule has 0 saturated carbocycles. The van der Waals surface area contributed by atoms with Crippen LogP contribution in [-0.4, -0.2) is 15.0 Å². The number of halogens is 1. The maximum absolute atomic E-state index is 13.0. The number of aryl methyl sites for hydroxylation is 1. The van der Waals surface area contributed by atoms with Crippen LogP contribution in [0.1, 0.15) is 11.4 Å². The molecular formula is C20H16FN5O3. The molecule has 0 bridgehead atoms. The molecule has 0 fully saturated rings. The summed E-state index contributed by atoms with van der Waals surface area (Å²) in [5.74, 6) is 0.665. The Balaban J connectivity index is 1.52. The van der Waals surface area contributed by atoms with E-state index >= 15 is 0 Å². The van der Waals surface area contributed by atoms with Crippen molar-refractivity contribution in [3.8, 4) is 5.75 Å². The fourth-order valence-corrected chi connectivity index (χ4v) is 2.76. The average Bonchev–Trinajstić information content (AvgIpc) is 2.67. The van der Waals surface area contributed by atoms with Crippen LogP contribution in [0.25, 0.3) is 11.0 Å². The van der Waals surface area contributed by atoms with E-state index in [2.05, 4.69) is 20.3 Å². The Morgan fingerprint density at radius 1 is 1.10 bits per heavy atom. The summed E-state index contributed by atoms with van der Waals surface area (Å²) >= 11 is 0. The standard InChI is InChI=1S/C20H16FN5O3/c1-11-8-18(27)29-16-9-14(6-7-15(11)16)28-10-17-24-19(22)26-20(25-17)23-13-4-2-12(21)3-5-13/h2-9H,10H2,1H3,(H3,22,23,24,25,26). The molecule has 0 amide bonds. The largest absolute Gasteiger partial charge is 0.485 e. The summed E-state index contributed by atoms with van der Waals surface area (Å²) in [6.45, 7) is 1.86. The summed E-state index contributed by atoms with van der Waals surface area (Å²) in [6.07, 6.45) is 0. The predicted molar refractivity (Wildman–Crippen MR) is 105 cm³/mol. The number of hydrogen-bond acceptors (Lipinski definition) is 8. The number of nitrogen functional groups attached to an aromatic ring is 1. The van der Waals surface area contributed by atoms with Crippen LogP contribution in [0.2, 0.25) is 0 Å². The van der Waals surface area contributed by atoms with Gasteiger partial charge in [-0.1, -0.05) is 0 Å². The first-order valence-electron chi connectivity index (χ1n) is 8.66. The molecular weight excluding hydrogens is 377 g/mol. The van der Waals surface area contributed by atoms with E-state index in [1.165, 1.54) is 18.2 Å². The van der Waals surface area contributed by atoms with E-state index in [1.54, 1.807) is 24.3 Å². The highest BCUT2D eigenvalue weighted by Crippen LogP contribution is 2.23. The van der Waals surface area contributed by atoms with Gasteiger partial charge in [0.15, 0.2) is 5.82 Å². The van der Waals surface area contributed by atoms with Crippen LogP contribution in [0.3, 0.4) is 0 Å². The van der Waals surface area contributed by atoms with Crippen molar-refractivity contribution in [2.45, 2.75) is 13.5 Å². The van der Waals surface area contributed by atoms with Gasteiger partial charge >= 0.3 is 5.63 Å². The van der Waals surface area contributed by atoms with Gasteiger partial charge in [0.2, 0.25) is 11.9 Å². The van der Waals surface area contributed by atoms with Crippen LogP contribution in [0.15, 0.2) is 57.7 Å². The summed E-state index contributed by atoms with van der Waals surface area (Å²) in [5, 5.41) is 3.76. The first-order valence-corrected chi connectivity index (χ1v) is 8.66. The van der Waals surface area contributed by atoms with Crippen LogP contribution in [0.5, 0.6) is 5.75 Å². The van der Waals surface area contributed by atoms with Gasteiger partial charge in [-0.15, -0.1) is 0 Å². The highest BCUT2D eigenvalue weighted by Gasteiger charge is 2.08. The first kappa shape index (κ1) is 18.4. The number of aromatic nitrogens is 3. The summed E-state index contributed by atoms with van der Waals surface area (Å²) in [7, 11) is 0. The van der Waals surface area contributed by atoms with Crippen molar-refractivity contribution in [1.29, 1.82) is 0 Å². The lowest BCUT2D eigenvalue weighted by Crippen LogP contribution is -2.09. The van der Waals surface area contributed by atoms with E-state index in [1.807, 2.05) is 13.0 Å². The fraction of sp³-hybridized carbons (Fsp3) is 0.100.